The van der Waals surface area contributed by atoms with Crippen molar-refractivity contribution < 1.29 is 0 Å². The van der Waals surface area contributed by atoms with Gasteiger partial charge in [0.25, 0.3) is 0 Å². The summed E-state index contributed by atoms with van der Waals surface area (Å²) in [4.78, 5) is 0. The Hall–Kier alpha value is -0.500. The van der Waals surface area contributed by atoms with Crippen LogP contribution in [0, 0.1) is 0 Å². The summed E-state index contributed by atoms with van der Waals surface area (Å²) in [7, 11) is 0. The van der Waals surface area contributed by atoms with Gasteiger partial charge in [0, 0.05) is 5.70 Å². The monoisotopic (exact) mass is 112 g/mol. The summed E-state index contributed by atoms with van der Waals surface area (Å²) >= 11 is 0. The summed E-state index contributed by atoms with van der Waals surface area (Å²) in [5.74, 6) is 0. The molecule has 1 rings (SSSR count). The van der Waals surface area contributed by atoms with Crippen molar-refractivity contribution in [2.24, 2.45) is 5.73 Å². The summed E-state index contributed by atoms with van der Waals surface area (Å²) in [6.07, 6.45) is 0. The molecule has 1 aliphatic rings. The first kappa shape index (κ1) is 5.63. The highest BCUT2D eigenvalue weighted by molar-refractivity contribution is 5.31. The number of nitrogens with two attached hydrogens (primary N) is 1. The van der Waals surface area contributed by atoms with Crippen LogP contribution in [0.4, 0.5) is 0 Å². The van der Waals surface area contributed by atoms with Gasteiger partial charge in [-0.25, -0.2) is 0 Å². The van der Waals surface area contributed by atoms with Crippen molar-refractivity contribution in [1.82, 2.24) is 5.32 Å². The van der Waals surface area contributed by atoms with E-state index in [0.29, 0.717) is 0 Å². The standard InChI is InChI=1S/C6H12N2/c1-4-5(2)8-6(4,3)7/h8H,7H2,1-3H3. The largest absolute Gasteiger partial charge is 0.368 e. The molecule has 0 spiro atoms. The second-order valence-electron chi connectivity index (χ2n) is 2.58. The lowest BCUT2D eigenvalue weighted by atomic mass is 9.94. The highest BCUT2D eigenvalue weighted by Crippen LogP contribution is 2.23. The van der Waals surface area contributed by atoms with Crippen LogP contribution in [0.5, 0.6) is 0 Å². The minimum atomic E-state index is -0.218. The molecule has 1 heterocycles. The third-order valence-electron chi connectivity index (χ3n) is 1.79. The second kappa shape index (κ2) is 1.26. The Morgan fingerprint density at radius 3 is 2.00 bits per heavy atom. The molecule has 0 aromatic rings. The second-order valence-corrected chi connectivity index (χ2v) is 2.58. The predicted molar refractivity (Wildman–Crippen MR) is 34.1 cm³/mol. The maximum Gasteiger partial charge on any atom is 0.106 e. The predicted octanol–water partition coefficient (Wildman–Crippen LogP) is 0.558. The molecule has 8 heavy (non-hydrogen) atoms. The zero-order valence-electron chi connectivity index (χ0n) is 5.58. The Bertz CT molecular complexity index is 145. The van der Waals surface area contributed by atoms with E-state index in [0.717, 1.165) is 0 Å². The Kier molecular flexibility index (Phi) is 0.886. The van der Waals surface area contributed by atoms with Gasteiger partial charge in [0.1, 0.15) is 5.66 Å². The molecule has 0 aromatic carbocycles. The van der Waals surface area contributed by atoms with E-state index in [2.05, 4.69) is 5.32 Å². The molecule has 0 aromatic heterocycles. The van der Waals surface area contributed by atoms with Gasteiger partial charge in [0.2, 0.25) is 0 Å². The van der Waals surface area contributed by atoms with Crippen LogP contribution in [0.25, 0.3) is 0 Å². The molecule has 1 unspecified atom stereocenters. The number of hydrogen-bond acceptors (Lipinski definition) is 2. The fourth-order valence-electron chi connectivity index (χ4n) is 0.904. The van der Waals surface area contributed by atoms with E-state index in [4.69, 9.17) is 5.73 Å². The highest BCUT2D eigenvalue weighted by atomic mass is 15.2. The van der Waals surface area contributed by atoms with Gasteiger partial charge in [-0.15, -0.1) is 0 Å². The maximum absolute atomic E-state index is 5.69. The van der Waals surface area contributed by atoms with E-state index in [1.165, 1.54) is 11.3 Å². The molecule has 0 amide bonds. The van der Waals surface area contributed by atoms with Gasteiger partial charge in [-0.2, -0.15) is 0 Å². The molecular weight excluding hydrogens is 100 g/mol. The Labute approximate surface area is 49.8 Å². The number of nitrogens with one attached hydrogen (secondary N) is 1. The summed E-state index contributed by atoms with van der Waals surface area (Å²) < 4.78 is 0. The van der Waals surface area contributed by atoms with Gasteiger partial charge in [0.05, 0.1) is 0 Å². The van der Waals surface area contributed by atoms with Gasteiger partial charge >= 0.3 is 0 Å². The molecule has 0 radical (unpaired) electrons. The van der Waals surface area contributed by atoms with E-state index < -0.39 is 0 Å². The fraction of sp³-hybridized carbons (Fsp3) is 0.667. The number of rotatable bonds is 0. The molecule has 2 nitrogen and oxygen atoms in total. The molecule has 1 atom stereocenters. The molecule has 1 aliphatic heterocycles. The Morgan fingerprint density at radius 2 is 2.00 bits per heavy atom. The SMILES string of the molecule is CC1=C(C)C(C)(N)N1. The van der Waals surface area contributed by atoms with Crippen LogP contribution >= 0.6 is 0 Å². The first-order valence-corrected chi connectivity index (χ1v) is 2.79. The average Bonchev–Trinajstić information content (AvgIpc) is 1.65. The molecule has 0 saturated carbocycles. The van der Waals surface area contributed by atoms with E-state index >= 15 is 0 Å². The van der Waals surface area contributed by atoms with Crippen LogP contribution in [0.2, 0.25) is 0 Å². The summed E-state index contributed by atoms with van der Waals surface area (Å²) in [6, 6.07) is 0. The van der Waals surface area contributed by atoms with Crippen LogP contribution < -0.4 is 11.1 Å². The number of hydrogen-bond donors (Lipinski definition) is 2. The summed E-state index contributed by atoms with van der Waals surface area (Å²) in [5.41, 5.74) is 7.95. The summed E-state index contributed by atoms with van der Waals surface area (Å²) in [5, 5.41) is 3.09. The average molecular weight is 112 g/mol. The molecule has 3 N–H and O–H groups in total. The number of allylic oxidation sites excluding steroid dienone is 1. The van der Waals surface area contributed by atoms with E-state index in [9.17, 15) is 0 Å². The van der Waals surface area contributed by atoms with Crippen molar-refractivity contribution in [3.8, 4) is 0 Å². The van der Waals surface area contributed by atoms with Crippen LogP contribution in [0.15, 0.2) is 11.3 Å². The van der Waals surface area contributed by atoms with Crippen LogP contribution in [0.3, 0.4) is 0 Å². The van der Waals surface area contributed by atoms with E-state index in [-0.39, 0.29) is 5.66 Å². The lowest BCUT2D eigenvalue weighted by molar-refractivity contribution is 0.404. The van der Waals surface area contributed by atoms with Gasteiger partial charge in [-0.1, -0.05) is 0 Å². The molecule has 0 saturated heterocycles. The van der Waals surface area contributed by atoms with Crippen molar-refractivity contribution in [3.63, 3.8) is 0 Å². The molecular formula is C6H12N2. The van der Waals surface area contributed by atoms with Crippen molar-refractivity contribution in [2.75, 3.05) is 0 Å². The van der Waals surface area contributed by atoms with Crippen molar-refractivity contribution >= 4 is 0 Å². The first-order chi connectivity index (χ1) is 3.54. The van der Waals surface area contributed by atoms with Gasteiger partial charge in [-0.05, 0) is 26.3 Å². The third-order valence-corrected chi connectivity index (χ3v) is 1.79. The summed E-state index contributed by atoms with van der Waals surface area (Å²) in [6.45, 7) is 6.05. The smallest absolute Gasteiger partial charge is 0.106 e. The quantitative estimate of drug-likeness (QED) is 0.480. The van der Waals surface area contributed by atoms with E-state index in [1.807, 2.05) is 20.8 Å². The highest BCUT2D eigenvalue weighted by Gasteiger charge is 2.30. The minimum absolute atomic E-state index is 0.218. The maximum atomic E-state index is 5.69. The molecule has 0 bridgehead atoms. The third kappa shape index (κ3) is 0.530. The van der Waals surface area contributed by atoms with Gasteiger partial charge in [0.15, 0.2) is 0 Å². The molecule has 0 fully saturated rings. The fourth-order valence-corrected chi connectivity index (χ4v) is 0.904. The van der Waals surface area contributed by atoms with Crippen LogP contribution in [-0.2, 0) is 0 Å². The van der Waals surface area contributed by atoms with Crippen molar-refractivity contribution in [2.45, 2.75) is 26.4 Å². The van der Waals surface area contributed by atoms with Crippen molar-refractivity contribution in [3.05, 3.63) is 11.3 Å². The van der Waals surface area contributed by atoms with Gasteiger partial charge < -0.3 is 11.1 Å². The minimum Gasteiger partial charge on any atom is -0.368 e. The van der Waals surface area contributed by atoms with Crippen LogP contribution in [0.1, 0.15) is 20.8 Å². The van der Waals surface area contributed by atoms with Gasteiger partial charge in [-0.3, -0.25) is 0 Å². The zero-order chi connectivity index (χ0) is 6.36. The topological polar surface area (TPSA) is 38.0 Å². The first-order valence-electron chi connectivity index (χ1n) is 2.79. The normalized spacial score (nSPS) is 36.5. The molecule has 2 heteroatoms. The van der Waals surface area contributed by atoms with Crippen LogP contribution in [-0.4, -0.2) is 5.66 Å². The Balaban J connectivity index is 2.80. The lowest BCUT2D eigenvalue weighted by Crippen LogP contribution is -2.58. The molecule has 46 valence electrons. The Morgan fingerprint density at radius 1 is 1.50 bits per heavy atom. The lowest BCUT2D eigenvalue weighted by Gasteiger charge is -2.39. The van der Waals surface area contributed by atoms with Crippen molar-refractivity contribution in [1.29, 1.82) is 0 Å². The molecule has 0 aliphatic carbocycles. The zero-order valence-corrected chi connectivity index (χ0v) is 5.58. The van der Waals surface area contributed by atoms with E-state index in [1.54, 1.807) is 0 Å².